The van der Waals surface area contributed by atoms with Gasteiger partial charge in [0.05, 0.1) is 30.0 Å². The average Bonchev–Trinajstić information content (AvgIpc) is 3.54. The zero-order valence-corrected chi connectivity index (χ0v) is 15.6. The van der Waals surface area contributed by atoms with E-state index in [1.165, 1.54) is 13.3 Å². The Bertz CT molecular complexity index is 1050. The second kappa shape index (κ2) is 7.97. The Kier molecular flexibility index (Phi) is 5.06. The summed E-state index contributed by atoms with van der Waals surface area (Å²) < 4.78 is 0. The van der Waals surface area contributed by atoms with Crippen LogP contribution in [0, 0.1) is 0 Å². The molecule has 0 spiro atoms. The van der Waals surface area contributed by atoms with Gasteiger partial charge in [0.1, 0.15) is 18.0 Å². The summed E-state index contributed by atoms with van der Waals surface area (Å²) in [5.41, 5.74) is 1.51. The van der Waals surface area contributed by atoms with Crippen molar-refractivity contribution in [2.45, 2.75) is 25.7 Å². The first-order valence-electron chi connectivity index (χ1n) is 9.03. The molecule has 0 aromatic carbocycles. The average molecular weight is 390 g/mol. The van der Waals surface area contributed by atoms with E-state index in [0.29, 0.717) is 23.2 Å². The molecule has 0 radical (unpaired) electrons. The molecule has 0 aliphatic heterocycles. The fourth-order valence-electron chi connectivity index (χ4n) is 2.66. The van der Waals surface area contributed by atoms with Crippen LogP contribution in [0.3, 0.4) is 0 Å². The predicted octanol–water partition coefficient (Wildman–Crippen LogP) is 2.49. The number of nitrogens with zero attached hydrogens (tertiary/aromatic N) is 5. The fourth-order valence-corrected chi connectivity index (χ4v) is 2.66. The van der Waals surface area contributed by atoms with Gasteiger partial charge in [-0.2, -0.15) is 0 Å². The Balaban J connectivity index is 1.60. The lowest BCUT2D eigenvalue weighted by atomic mass is 10.2. The molecule has 10 nitrogen and oxygen atoms in total. The number of nitrogens with one attached hydrogen (secondary N) is 3. The molecular weight excluding hydrogens is 372 g/mol. The third kappa shape index (κ3) is 4.67. The zero-order chi connectivity index (χ0) is 20.2. The van der Waals surface area contributed by atoms with Gasteiger partial charge in [0, 0.05) is 12.8 Å². The van der Waals surface area contributed by atoms with Gasteiger partial charge in [-0.3, -0.25) is 9.59 Å². The van der Waals surface area contributed by atoms with E-state index in [9.17, 15) is 9.59 Å². The SMILES string of the molecule is CC(=O)Nc1cccc(NC(=O)c2nc(C3CC3)cnc2Nc2cncnc2)n1. The van der Waals surface area contributed by atoms with Crippen LogP contribution in [-0.4, -0.2) is 36.7 Å². The minimum atomic E-state index is -0.466. The van der Waals surface area contributed by atoms with Gasteiger partial charge >= 0.3 is 0 Å². The first kappa shape index (κ1) is 18.4. The van der Waals surface area contributed by atoms with Crippen LogP contribution >= 0.6 is 0 Å². The van der Waals surface area contributed by atoms with Crippen molar-refractivity contribution in [3.63, 3.8) is 0 Å². The number of aromatic nitrogens is 5. The van der Waals surface area contributed by atoms with Crippen molar-refractivity contribution in [3.8, 4) is 0 Å². The van der Waals surface area contributed by atoms with Gasteiger partial charge in [0.25, 0.3) is 5.91 Å². The van der Waals surface area contributed by atoms with Gasteiger partial charge in [0.15, 0.2) is 11.5 Å². The molecule has 146 valence electrons. The molecule has 1 aliphatic carbocycles. The highest BCUT2D eigenvalue weighted by atomic mass is 16.2. The Hall–Kier alpha value is -3.95. The molecule has 10 heteroatoms. The van der Waals surface area contributed by atoms with E-state index >= 15 is 0 Å². The summed E-state index contributed by atoms with van der Waals surface area (Å²) >= 11 is 0. The highest BCUT2D eigenvalue weighted by molar-refractivity contribution is 6.06. The number of pyridine rings is 1. The Morgan fingerprint density at radius 1 is 1.00 bits per heavy atom. The van der Waals surface area contributed by atoms with Crippen molar-refractivity contribution in [2.24, 2.45) is 0 Å². The third-order valence-corrected chi connectivity index (χ3v) is 4.12. The maximum atomic E-state index is 12.9. The fraction of sp³-hybridized carbons (Fsp3) is 0.211. The maximum Gasteiger partial charge on any atom is 0.279 e. The van der Waals surface area contributed by atoms with E-state index in [4.69, 9.17) is 0 Å². The molecule has 29 heavy (non-hydrogen) atoms. The molecule has 4 rings (SSSR count). The molecule has 1 aliphatic rings. The van der Waals surface area contributed by atoms with Crippen molar-refractivity contribution in [3.05, 3.63) is 54.5 Å². The van der Waals surface area contributed by atoms with E-state index in [-0.39, 0.29) is 17.4 Å². The van der Waals surface area contributed by atoms with E-state index in [1.807, 2.05) is 0 Å². The molecule has 0 atom stereocenters. The molecule has 3 heterocycles. The highest BCUT2D eigenvalue weighted by Gasteiger charge is 2.27. The van der Waals surface area contributed by atoms with Crippen molar-refractivity contribution in [1.82, 2.24) is 24.9 Å². The second-order valence-corrected chi connectivity index (χ2v) is 6.56. The Morgan fingerprint density at radius 2 is 1.72 bits per heavy atom. The molecule has 2 amide bonds. The quantitative estimate of drug-likeness (QED) is 0.584. The maximum absolute atomic E-state index is 12.9. The zero-order valence-electron chi connectivity index (χ0n) is 15.6. The Labute approximate surface area is 166 Å². The molecule has 3 aromatic rings. The minimum Gasteiger partial charge on any atom is -0.336 e. The van der Waals surface area contributed by atoms with Gasteiger partial charge < -0.3 is 16.0 Å². The Morgan fingerprint density at radius 3 is 2.41 bits per heavy atom. The lowest BCUT2D eigenvalue weighted by molar-refractivity contribution is -0.114. The number of amides is 2. The molecule has 1 fully saturated rings. The number of anilines is 4. The van der Waals surface area contributed by atoms with Crippen LogP contribution in [0.2, 0.25) is 0 Å². The van der Waals surface area contributed by atoms with Gasteiger partial charge in [-0.1, -0.05) is 6.07 Å². The van der Waals surface area contributed by atoms with E-state index in [1.54, 1.807) is 36.8 Å². The largest absolute Gasteiger partial charge is 0.336 e. The topological polar surface area (TPSA) is 135 Å². The molecule has 3 aromatic heterocycles. The third-order valence-electron chi connectivity index (χ3n) is 4.12. The van der Waals surface area contributed by atoms with Crippen molar-refractivity contribution >= 4 is 35.0 Å². The summed E-state index contributed by atoms with van der Waals surface area (Å²) in [7, 11) is 0. The standard InChI is InChI=1S/C19H18N8O2/c1-11(28)23-15-3-2-4-16(26-15)27-19(29)17-18(24-13-7-20-10-21-8-13)22-9-14(25-17)12-5-6-12/h2-4,7-10,12H,5-6H2,1H3,(H,22,24)(H2,23,26,27,28,29). The van der Waals surface area contributed by atoms with Crippen LogP contribution in [0.25, 0.3) is 0 Å². The van der Waals surface area contributed by atoms with E-state index in [2.05, 4.69) is 40.9 Å². The number of carbonyl (C=O) groups is 2. The predicted molar refractivity (Wildman–Crippen MR) is 106 cm³/mol. The van der Waals surface area contributed by atoms with Crippen LogP contribution in [0.4, 0.5) is 23.1 Å². The minimum absolute atomic E-state index is 0.144. The summed E-state index contributed by atoms with van der Waals surface area (Å²) in [5.74, 6) is 0.540. The second-order valence-electron chi connectivity index (χ2n) is 6.56. The van der Waals surface area contributed by atoms with Gasteiger partial charge in [-0.05, 0) is 25.0 Å². The lowest BCUT2D eigenvalue weighted by Crippen LogP contribution is -2.19. The summed E-state index contributed by atoms with van der Waals surface area (Å²) in [4.78, 5) is 45.2. The van der Waals surface area contributed by atoms with Crippen LogP contribution in [0.1, 0.15) is 41.9 Å². The summed E-state index contributed by atoms with van der Waals surface area (Å²) in [6.07, 6.45) is 8.31. The molecule has 1 saturated carbocycles. The van der Waals surface area contributed by atoms with Crippen molar-refractivity contribution in [2.75, 3.05) is 16.0 Å². The number of carbonyl (C=O) groups excluding carboxylic acids is 2. The van der Waals surface area contributed by atoms with Crippen LogP contribution in [0.5, 0.6) is 0 Å². The van der Waals surface area contributed by atoms with E-state index in [0.717, 1.165) is 18.5 Å². The van der Waals surface area contributed by atoms with Crippen molar-refractivity contribution < 1.29 is 9.59 Å². The monoisotopic (exact) mass is 390 g/mol. The lowest BCUT2D eigenvalue weighted by Gasteiger charge is -2.12. The van der Waals surface area contributed by atoms with E-state index < -0.39 is 5.91 Å². The number of rotatable bonds is 6. The van der Waals surface area contributed by atoms with Gasteiger partial charge in [-0.25, -0.2) is 24.9 Å². The summed E-state index contributed by atoms with van der Waals surface area (Å²) in [5, 5.41) is 8.31. The summed E-state index contributed by atoms with van der Waals surface area (Å²) in [6.45, 7) is 1.39. The smallest absolute Gasteiger partial charge is 0.279 e. The molecule has 0 unspecified atom stereocenters. The van der Waals surface area contributed by atoms with Crippen LogP contribution in [-0.2, 0) is 4.79 Å². The van der Waals surface area contributed by atoms with Crippen LogP contribution in [0.15, 0.2) is 43.1 Å². The molecular formula is C19H18N8O2. The number of hydrogen-bond donors (Lipinski definition) is 3. The molecule has 3 N–H and O–H groups in total. The first-order valence-corrected chi connectivity index (χ1v) is 9.03. The summed E-state index contributed by atoms with van der Waals surface area (Å²) in [6, 6.07) is 4.94. The molecule has 0 bridgehead atoms. The normalized spacial score (nSPS) is 12.9. The van der Waals surface area contributed by atoms with Gasteiger partial charge in [-0.15, -0.1) is 0 Å². The van der Waals surface area contributed by atoms with Gasteiger partial charge in [0.2, 0.25) is 5.91 Å². The first-order chi connectivity index (χ1) is 14.1. The molecule has 0 saturated heterocycles. The number of hydrogen-bond acceptors (Lipinski definition) is 8. The highest BCUT2D eigenvalue weighted by Crippen LogP contribution is 2.39. The van der Waals surface area contributed by atoms with Crippen molar-refractivity contribution in [1.29, 1.82) is 0 Å². The van der Waals surface area contributed by atoms with Crippen LogP contribution < -0.4 is 16.0 Å².